The zero-order valence-electron chi connectivity index (χ0n) is 11.9. The van der Waals surface area contributed by atoms with Gasteiger partial charge in [-0.15, -0.1) is 0 Å². The number of hydrogen-bond donors (Lipinski definition) is 1. The van der Waals surface area contributed by atoms with Crippen molar-refractivity contribution in [3.63, 3.8) is 0 Å². The van der Waals surface area contributed by atoms with Gasteiger partial charge in [-0.05, 0) is 35.4 Å². The number of ketones is 1. The van der Waals surface area contributed by atoms with Gasteiger partial charge in [-0.25, -0.2) is 0 Å². The summed E-state index contributed by atoms with van der Waals surface area (Å²) in [7, 11) is 0. The minimum absolute atomic E-state index is 0.178. The quantitative estimate of drug-likeness (QED) is 0.942. The number of ether oxygens (including phenoxy) is 2. The molecule has 0 spiro atoms. The summed E-state index contributed by atoms with van der Waals surface area (Å²) in [6.45, 7) is 0.487. The van der Waals surface area contributed by atoms with Crippen molar-refractivity contribution in [2.45, 2.75) is 19.0 Å². The van der Waals surface area contributed by atoms with Crippen molar-refractivity contribution in [2.75, 3.05) is 0 Å². The van der Waals surface area contributed by atoms with Gasteiger partial charge in [0.1, 0.15) is 18.5 Å². The van der Waals surface area contributed by atoms with Crippen LogP contribution in [-0.2, 0) is 16.1 Å². The SMILES string of the molecule is O=C1C=C[C@@H](O)O[C@H]1c1ccc(OCc2ccccc2)cc1. The highest BCUT2D eigenvalue weighted by atomic mass is 16.6. The second-order valence-electron chi connectivity index (χ2n) is 5.01. The molecule has 0 fully saturated rings. The van der Waals surface area contributed by atoms with Crippen molar-refractivity contribution in [3.8, 4) is 5.75 Å². The lowest BCUT2D eigenvalue weighted by Crippen LogP contribution is -2.24. The highest BCUT2D eigenvalue weighted by Crippen LogP contribution is 2.26. The Bertz CT molecular complexity index is 661. The van der Waals surface area contributed by atoms with E-state index in [9.17, 15) is 9.90 Å². The summed E-state index contributed by atoms with van der Waals surface area (Å²) in [6, 6.07) is 17.0. The lowest BCUT2D eigenvalue weighted by Gasteiger charge is -2.21. The fourth-order valence-electron chi connectivity index (χ4n) is 2.24. The average molecular weight is 296 g/mol. The maximum Gasteiger partial charge on any atom is 0.188 e. The number of carbonyl (C=O) groups excluding carboxylic acids is 1. The van der Waals surface area contributed by atoms with Crippen LogP contribution < -0.4 is 4.74 Å². The first kappa shape index (κ1) is 14.5. The van der Waals surface area contributed by atoms with Gasteiger partial charge in [0.25, 0.3) is 0 Å². The van der Waals surface area contributed by atoms with Gasteiger partial charge in [0.2, 0.25) is 0 Å². The molecule has 0 saturated carbocycles. The summed E-state index contributed by atoms with van der Waals surface area (Å²) in [5, 5.41) is 9.44. The van der Waals surface area contributed by atoms with Crippen LogP contribution in [0, 0.1) is 0 Å². The van der Waals surface area contributed by atoms with Gasteiger partial charge in [0.15, 0.2) is 12.1 Å². The summed E-state index contributed by atoms with van der Waals surface area (Å²) in [5.41, 5.74) is 1.78. The van der Waals surface area contributed by atoms with Crippen molar-refractivity contribution in [2.24, 2.45) is 0 Å². The van der Waals surface area contributed by atoms with E-state index in [-0.39, 0.29) is 5.78 Å². The molecule has 22 heavy (non-hydrogen) atoms. The van der Waals surface area contributed by atoms with E-state index in [1.807, 2.05) is 30.3 Å². The molecule has 2 aromatic carbocycles. The van der Waals surface area contributed by atoms with Gasteiger partial charge in [-0.2, -0.15) is 0 Å². The smallest absolute Gasteiger partial charge is 0.188 e. The van der Waals surface area contributed by atoms with E-state index in [2.05, 4.69) is 0 Å². The molecule has 1 aliphatic heterocycles. The molecule has 4 heteroatoms. The number of hydrogen-bond acceptors (Lipinski definition) is 4. The fraction of sp³-hybridized carbons (Fsp3) is 0.167. The Hall–Kier alpha value is -2.43. The lowest BCUT2D eigenvalue weighted by molar-refractivity contribution is -0.149. The summed E-state index contributed by atoms with van der Waals surface area (Å²) in [5.74, 6) is 0.537. The Balaban J connectivity index is 1.65. The van der Waals surface area contributed by atoms with Crippen molar-refractivity contribution in [1.29, 1.82) is 0 Å². The normalized spacial score (nSPS) is 20.9. The average Bonchev–Trinajstić information content (AvgIpc) is 2.57. The Kier molecular flexibility index (Phi) is 4.32. The van der Waals surface area contributed by atoms with E-state index in [0.717, 1.165) is 5.56 Å². The van der Waals surface area contributed by atoms with Crippen LogP contribution in [0.4, 0.5) is 0 Å². The second kappa shape index (κ2) is 6.56. The van der Waals surface area contributed by atoms with E-state index in [4.69, 9.17) is 9.47 Å². The van der Waals surface area contributed by atoms with E-state index in [0.29, 0.717) is 17.9 Å². The fourth-order valence-corrected chi connectivity index (χ4v) is 2.24. The molecule has 0 radical (unpaired) electrons. The van der Waals surface area contributed by atoms with Crippen LogP contribution in [0.15, 0.2) is 66.7 Å². The predicted octanol–water partition coefficient (Wildman–Crippen LogP) is 2.78. The molecule has 0 bridgehead atoms. The molecular weight excluding hydrogens is 280 g/mol. The monoisotopic (exact) mass is 296 g/mol. The van der Waals surface area contributed by atoms with Gasteiger partial charge < -0.3 is 14.6 Å². The molecule has 0 aromatic heterocycles. The Morgan fingerprint density at radius 3 is 2.50 bits per heavy atom. The number of aliphatic hydroxyl groups excluding tert-OH is 1. The van der Waals surface area contributed by atoms with Gasteiger partial charge >= 0.3 is 0 Å². The minimum Gasteiger partial charge on any atom is -0.489 e. The number of carbonyl (C=O) groups is 1. The number of aliphatic hydroxyl groups is 1. The van der Waals surface area contributed by atoms with Gasteiger partial charge in [0, 0.05) is 0 Å². The third kappa shape index (κ3) is 3.42. The van der Waals surface area contributed by atoms with E-state index in [1.165, 1.54) is 12.2 Å². The van der Waals surface area contributed by atoms with Crippen LogP contribution in [0.3, 0.4) is 0 Å². The summed E-state index contributed by atoms with van der Waals surface area (Å²) in [4.78, 5) is 11.8. The zero-order chi connectivity index (χ0) is 15.4. The third-order valence-corrected chi connectivity index (χ3v) is 3.39. The van der Waals surface area contributed by atoms with Crippen LogP contribution in [0.1, 0.15) is 17.2 Å². The van der Waals surface area contributed by atoms with E-state index < -0.39 is 12.4 Å². The lowest BCUT2D eigenvalue weighted by atomic mass is 10.0. The third-order valence-electron chi connectivity index (χ3n) is 3.39. The van der Waals surface area contributed by atoms with Crippen LogP contribution >= 0.6 is 0 Å². The van der Waals surface area contributed by atoms with Gasteiger partial charge in [0.05, 0.1) is 0 Å². The van der Waals surface area contributed by atoms with E-state index >= 15 is 0 Å². The molecule has 4 nitrogen and oxygen atoms in total. The topological polar surface area (TPSA) is 55.8 Å². The van der Waals surface area contributed by atoms with Crippen molar-refractivity contribution in [1.82, 2.24) is 0 Å². The van der Waals surface area contributed by atoms with Crippen LogP contribution in [0.2, 0.25) is 0 Å². The van der Waals surface area contributed by atoms with Crippen LogP contribution in [-0.4, -0.2) is 17.2 Å². The van der Waals surface area contributed by atoms with Crippen molar-refractivity contribution in [3.05, 3.63) is 77.9 Å². The number of rotatable bonds is 4. The molecule has 1 aliphatic rings. The zero-order valence-corrected chi connectivity index (χ0v) is 11.9. The standard InChI is InChI=1S/C18H16O4/c19-16-10-11-17(20)22-18(16)14-6-8-15(9-7-14)21-12-13-4-2-1-3-5-13/h1-11,17-18,20H,12H2/t17-,18-/m0/s1. The molecule has 3 rings (SSSR count). The van der Waals surface area contributed by atoms with E-state index in [1.54, 1.807) is 24.3 Å². The van der Waals surface area contributed by atoms with Gasteiger partial charge in [-0.1, -0.05) is 42.5 Å². The van der Waals surface area contributed by atoms with Gasteiger partial charge in [-0.3, -0.25) is 4.79 Å². The molecule has 0 amide bonds. The first-order valence-corrected chi connectivity index (χ1v) is 7.04. The molecule has 2 aromatic rings. The Morgan fingerprint density at radius 1 is 1.05 bits per heavy atom. The highest BCUT2D eigenvalue weighted by Gasteiger charge is 2.25. The maximum atomic E-state index is 11.8. The minimum atomic E-state index is -1.04. The highest BCUT2D eigenvalue weighted by molar-refractivity contribution is 5.95. The molecule has 112 valence electrons. The molecule has 1 N–H and O–H groups in total. The molecule has 2 atom stereocenters. The van der Waals surface area contributed by atoms with Crippen LogP contribution in [0.25, 0.3) is 0 Å². The largest absolute Gasteiger partial charge is 0.489 e. The first-order valence-electron chi connectivity index (χ1n) is 7.04. The number of benzene rings is 2. The summed E-state index contributed by atoms with van der Waals surface area (Å²) < 4.78 is 10.9. The second-order valence-corrected chi connectivity index (χ2v) is 5.01. The van der Waals surface area contributed by atoms with Crippen molar-refractivity contribution < 1.29 is 19.4 Å². The molecule has 0 unspecified atom stereocenters. The maximum absolute atomic E-state index is 11.8. The molecule has 0 saturated heterocycles. The van der Waals surface area contributed by atoms with Crippen LogP contribution in [0.5, 0.6) is 5.75 Å². The summed E-state index contributed by atoms with van der Waals surface area (Å²) in [6.07, 6.45) is 0.870. The summed E-state index contributed by atoms with van der Waals surface area (Å²) >= 11 is 0. The molecule has 0 aliphatic carbocycles. The Labute approximate surface area is 128 Å². The van der Waals surface area contributed by atoms with Crippen molar-refractivity contribution >= 4 is 5.78 Å². The molecular formula is C18H16O4. The predicted molar refractivity (Wildman–Crippen MR) is 81.2 cm³/mol. The Morgan fingerprint density at radius 2 is 1.77 bits per heavy atom. The molecule has 1 heterocycles. The first-order chi connectivity index (χ1) is 10.7.